The topological polar surface area (TPSA) is 318 Å². The van der Waals surface area contributed by atoms with E-state index in [9.17, 15) is 48.6 Å². The molecule has 61 heavy (non-hydrogen) atoms. The van der Waals surface area contributed by atoms with E-state index >= 15 is 0 Å². The number of nitrogens with two attached hydrogens (primary N) is 3. The summed E-state index contributed by atoms with van der Waals surface area (Å²) in [7, 11) is 0. The fourth-order valence-corrected chi connectivity index (χ4v) is 6.90. The van der Waals surface area contributed by atoms with Gasteiger partial charge in [0.2, 0.25) is 41.4 Å². The molecule has 1 fully saturated rings. The van der Waals surface area contributed by atoms with Gasteiger partial charge in [0.05, 0.1) is 19.1 Å². The first-order valence-corrected chi connectivity index (χ1v) is 20.4. The molecule has 0 aromatic heterocycles. The minimum absolute atomic E-state index is 0.0616. The molecule has 19 nitrogen and oxygen atoms in total. The second-order valence-electron chi connectivity index (χ2n) is 15.7. The van der Waals surface area contributed by atoms with Crippen molar-refractivity contribution in [2.45, 2.75) is 115 Å². The van der Waals surface area contributed by atoms with E-state index in [0.717, 1.165) is 0 Å². The zero-order valence-electron chi connectivity index (χ0n) is 35.0. The van der Waals surface area contributed by atoms with Crippen molar-refractivity contribution in [1.82, 2.24) is 31.5 Å². The summed E-state index contributed by atoms with van der Waals surface area (Å²) in [5.74, 6) is -7.37. The van der Waals surface area contributed by atoms with Gasteiger partial charge >= 0.3 is 0 Å². The molecule has 1 saturated heterocycles. The second-order valence-corrected chi connectivity index (χ2v) is 15.7. The molecule has 3 rings (SSSR count). The first kappa shape index (κ1) is 49.4. The quantitative estimate of drug-likeness (QED) is 0.0564. The normalized spacial score (nSPS) is 17.6. The number of likely N-dealkylation sites (tertiary alicyclic amines) is 1. The van der Waals surface area contributed by atoms with Crippen LogP contribution in [0.25, 0.3) is 0 Å². The van der Waals surface area contributed by atoms with Crippen LogP contribution in [0.3, 0.4) is 0 Å². The molecule has 0 saturated carbocycles. The standard InChI is InChI=1S/C42H61N9O10/c1-5-24(4)34(41(60)49-33(23(2)3)36(45)55)50-40(59)31-17-12-18-51(31)42(61)35(54)28(19-25-13-8-6-9-14-25)46-39(58)30(21-32(44)53)48-38(57)29(47-37(56)27(43)22-52)20-26-15-10-7-11-16-26/h6-11,13-16,23-24,27-31,33-35,52,54H,5,12,17-22,43H2,1-4H3,(H2,44,53)(H2,45,55)(H,46,58)(H,47,56)(H,48,57)(H,49,60)(H,50,59). The molecule has 0 spiro atoms. The third-order valence-electron chi connectivity index (χ3n) is 10.7. The van der Waals surface area contributed by atoms with Gasteiger partial charge in [-0.05, 0) is 42.2 Å². The second kappa shape index (κ2) is 23.8. The molecular weight excluding hydrogens is 791 g/mol. The molecule has 2 aromatic carbocycles. The van der Waals surface area contributed by atoms with E-state index in [0.29, 0.717) is 24.0 Å². The number of rotatable bonds is 23. The SMILES string of the molecule is CCC(C)C(NC(=O)C1CCCN1C(=O)C(O)C(Cc1ccccc1)NC(=O)C(CC(N)=O)NC(=O)C(Cc1ccccc1)NC(=O)C(N)CO)C(=O)NC(C(N)=O)C(C)C. The van der Waals surface area contributed by atoms with Gasteiger partial charge in [-0.25, -0.2) is 0 Å². The molecule has 19 heteroatoms. The van der Waals surface area contributed by atoms with Crippen LogP contribution in [0.4, 0.5) is 0 Å². The van der Waals surface area contributed by atoms with E-state index in [2.05, 4.69) is 26.6 Å². The zero-order valence-corrected chi connectivity index (χ0v) is 35.0. The van der Waals surface area contributed by atoms with Gasteiger partial charge in [0.15, 0.2) is 6.10 Å². The smallest absolute Gasteiger partial charge is 0.254 e. The highest BCUT2D eigenvalue weighted by molar-refractivity contribution is 5.97. The van der Waals surface area contributed by atoms with Crippen molar-refractivity contribution in [2.75, 3.05) is 13.2 Å². The van der Waals surface area contributed by atoms with Crippen LogP contribution in [0.1, 0.15) is 64.5 Å². The molecule has 9 atom stereocenters. The molecule has 1 aliphatic heterocycles. The fraction of sp³-hybridized carbons (Fsp3) is 0.524. The third kappa shape index (κ3) is 14.6. The molecule has 0 aliphatic carbocycles. The number of aliphatic hydroxyl groups excluding tert-OH is 2. The lowest BCUT2D eigenvalue weighted by molar-refractivity contribution is -0.147. The van der Waals surface area contributed by atoms with Crippen LogP contribution in [0.2, 0.25) is 0 Å². The minimum atomic E-state index is -1.96. The van der Waals surface area contributed by atoms with E-state index in [1.807, 2.05) is 6.92 Å². The summed E-state index contributed by atoms with van der Waals surface area (Å²) in [5.41, 5.74) is 17.9. The fourth-order valence-electron chi connectivity index (χ4n) is 6.90. The van der Waals surface area contributed by atoms with Crippen LogP contribution in [-0.4, -0.2) is 124 Å². The summed E-state index contributed by atoms with van der Waals surface area (Å²) in [6, 6.07) is 8.22. The predicted octanol–water partition coefficient (Wildman–Crippen LogP) is -2.37. The molecule has 9 unspecified atom stereocenters. The summed E-state index contributed by atoms with van der Waals surface area (Å²) in [6.07, 6.45) is -1.79. The maximum Gasteiger partial charge on any atom is 0.254 e. The Labute approximate surface area is 355 Å². The highest BCUT2D eigenvalue weighted by Crippen LogP contribution is 2.22. The van der Waals surface area contributed by atoms with Crippen molar-refractivity contribution in [3.05, 3.63) is 71.8 Å². The Morgan fingerprint density at radius 2 is 1.30 bits per heavy atom. The summed E-state index contributed by atoms with van der Waals surface area (Å²) < 4.78 is 0. The largest absolute Gasteiger partial charge is 0.394 e. The van der Waals surface area contributed by atoms with Crippen molar-refractivity contribution < 1.29 is 48.6 Å². The number of carbonyl (C=O) groups is 8. The predicted molar refractivity (Wildman–Crippen MR) is 223 cm³/mol. The molecule has 1 aliphatic rings. The molecule has 334 valence electrons. The zero-order chi connectivity index (χ0) is 45.4. The van der Waals surface area contributed by atoms with E-state index in [4.69, 9.17) is 17.2 Å². The van der Waals surface area contributed by atoms with Crippen molar-refractivity contribution in [3.63, 3.8) is 0 Å². The lowest BCUT2D eigenvalue weighted by atomic mass is 9.96. The number of nitrogens with one attached hydrogen (secondary N) is 5. The van der Waals surface area contributed by atoms with Crippen LogP contribution in [0, 0.1) is 11.8 Å². The summed E-state index contributed by atoms with van der Waals surface area (Å²) in [4.78, 5) is 107. The molecule has 0 radical (unpaired) electrons. The van der Waals surface area contributed by atoms with Gasteiger partial charge in [-0.15, -0.1) is 0 Å². The maximum atomic E-state index is 14.2. The maximum absolute atomic E-state index is 14.2. The van der Waals surface area contributed by atoms with E-state index in [-0.39, 0.29) is 37.6 Å². The Morgan fingerprint density at radius 3 is 1.82 bits per heavy atom. The van der Waals surface area contributed by atoms with E-state index < -0.39 is 109 Å². The Kier molecular flexibility index (Phi) is 19.3. The molecular formula is C42H61N9O10. The van der Waals surface area contributed by atoms with Crippen molar-refractivity contribution in [2.24, 2.45) is 29.0 Å². The Hall–Kier alpha value is -5.92. The van der Waals surface area contributed by atoms with Gasteiger partial charge in [-0.2, -0.15) is 0 Å². The van der Waals surface area contributed by atoms with Crippen molar-refractivity contribution in [1.29, 1.82) is 0 Å². The van der Waals surface area contributed by atoms with Crippen molar-refractivity contribution in [3.8, 4) is 0 Å². The molecule has 2 aromatic rings. The van der Waals surface area contributed by atoms with Gasteiger partial charge in [-0.3, -0.25) is 38.4 Å². The van der Waals surface area contributed by atoms with Crippen LogP contribution in [0.5, 0.6) is 0 Å². The average Bonchev–Trinajstić information content (AvgIpc) is 3.73. The first-order valence-electron chi connectivity index (χ1n) is 20.4. The number of hydrogen-bond acceptors (Lipinski definition) is 11. The van der Waals surface area contributed by atoms with E-state index in [1.165, 1.54) is 4.90 Å². The number of hydrogen-bond donors (Lipinski definition) is 10. The van der Waals surface area contributed by atoms with Crippen LogP contribution in [-0.2, 0) is 51.2 Å². The van der Waals surface area contributed by atoms with Crippen LogP contribution >= 0.6 is 0 Å². The molecule has 1 heterocycles. The first-order chi connectivity index (χ1) is 28.9. The summed E-state index contributed by atoms with van der Waals surface area (Å²) in [6.45, 7) is 6.35. The van der Waals surface area contributed by atoms with Gasteiger partial charge in [0.1, 0.15) is 36.3 Å². The van der Waals surface area contributed by atoms with Gasteiger partial charge in [-0.1, -0.05) is 94.8 Å². The number of benzene rings is 2. The van der Waals surface area contributed by atoms with Gasteiger partial charge < -0.3 is 58.9 Å². The number of nitrogens with zero attached hydrogens (tertiary/aromatic N) is 1. The highest BCUT2D eigenvalue weighted by Gasteiger charge is 2.42. The van der Waals surface area contributed by atoms with Gasteiger partial charge in [0.25, 0.3) is 5.91 Å². The number of carbonyl (C=O) groups excluding carboxylic acids is 8. The summed E-state index contributed by atoms with van der Waals surface area (Å²) in [5, 5.41) is 34.0. The average molecular weight is 852 g/mol. The molecule has 8 amide bonds. The van der Waals surface area contributed by atoms with Crippen molar-refractivity contribution >= 4 is 47.3 Å². The van der Waals surface area contributed by atoms with Crippen LogP contribution < -0.4 is 43.8 Å². The minimum Gasteiger partial charge on any atom is -0.394 e. The molecule has 0 bridgehead atoms. The van der Waals surface area contributed by atoms with Gasteiger partial charge in [0, 0.05) is 13.0 Å². The Morgan fingerprint density at radius 1 is 0.738 bits per heavy atom. The highest BCUT2D eigenvalue weighted by atomic mass is 16.3. The number of aliphatic hydroxyl groups is 2. The monoisotopic (exact) mass is 851 g/mol. The Bertz CT molecular complexity index is 1830. The third-order valence-corrected chi connectivity index (χ3v) is 10.7. The lowest BCUT2D eigenvalue weighted by Crippen LogP contribution is -2.61. The Balaban J connectivity index is 1.88. The number of amides is 8. The molecule has 13 N–H and O–H groups in total. The summed E-state index contributed by atoms with van der Waals surface area (Å²) >= 11 is 0. The van der Waals surface area contributed by atoms with Crippen LogP contribution in [0.15, 0.2) is 60.7 Å². The van der Waals surface area contributed by atoms with E-state index in [1.54, 1.807) is 81.4 Å². The lowest BCUT2D eigenvalue weighted by Gasteiger charge is -2.33. The number of primary amides is 2.